The molecule has 0 aliphatic carbocycles. The number of methoxy groups -OCH3 is 1. The van der Waals surface area contributed by atoms with E-state index >= 15 is 0 Å². The van der Waals surface area contributed by atoms with Crippen LogP contribution in [0.25, 0.3) is 0 Å². The highest BCUT2D eigenvalue weighted by atomic mass is 35.5. The zero-order chi connectivity index (χ0) is 25.9. The SMILES string of the molecule is CC.COc1ccc(C2C3C(=O)c4cc(Cl)ccc4OC3(O)C(=O)N2CCCN(C)C)cc1C#N. The largest absolute Gasteiger partial charge is 0.495 e. The third kappa shape index (κ3) is 4.72. The fraction of sp³-hybridized carbons (Fsp3) is 0.423. The van der Waals surface area contributed by atoms with Gasteiger partial charge >= 0.3 is 5.79 Å². The number of hydrogen-bond acceptors (Lipinski definition) is 7. The van der Waals surface area contributed by atoms with E-state index in [1.807, 2.05) is 32.8 Å². The van der Waals surface area contributed by atoms with Gasteiger partial charge in [-0.25, -0.2) is 0 Å². The summed E-state index contributed by atoms with van der Waals surface area (Å²) in [4.78, 5) is 30.6. The molecule has 0 spiro atoms. The monoisotopic (exact) mass is 499 g/mol. The molecule has 0 bridgehead atoms. The molecule has 0 radical (unpaired) electrons. The Morgan fingerprint density at radius 1 is 1.23 bits per heavy atom. The number of fused-ring (bicyclic) bond motifs is 2. The van der Waals surface area contributed by atoms with Crippen LogP contribution in [0.2, 0.25) is 5.02 Å². The first kappa shape index (κ1) is 26.5. The highest BCUT2D eigenvalue weighted by Crippen LogP contribution is 2.51. The van der Waals surface area contributed by atoms with Crippen molar-refractivity contribution in [1.29, 1.82) is 5.26 Å². The number of ketones is 1. The van der Waals surface area contributed by atoms with Gasteiger partial charge in [-0.05, 0) is 63.0 Å². The van der Waals surface area contributed by atoms with Crippen LogP contribution >= 0.6 is 11.6 Å². The second-order valence-electron chi connectivity index (χ2n) is 8.45. The number of hydrogen-bond donors (Lipinski definition) is 1. The molecular weight excluding hydrogens is 470 g/mol. The summed E-state index contributed by atoms with van der Waals surface area (Å²) >= 11 is 6.10. The second-order valence-corrected chi connectivity index (χ2v) is 8.89. The molecular formula is C26H30ClN3O5. The van der Waals surface area contributed by atoms with Crippen LogP contribution in [0.15, 0.2) is 36.4 Å². The molecule has 1 N–H and O–H groups in total. The molecule has 0 aromatic heterocycles. The van der Waals surface area contributed by atoms with E-state index in [0.717, 1.165) is 0 Å². The molecule has 3 unspecified atom stereocenters. The van der Waals surface area contributed by atoms with E-state index in [4.69, 9.17) is 21.1 Å². The molecule has 4 rings (SSSR count). The Labute approximate surface area is 210 Å². The topological polar surface area (TPSA) is 103 Å². The van der Waals surface area contributed by atoms with Crippen molar-refractivity contribution in [2.24, 2.45) is 5.92 Å². The van der Waals surface area contributed by atoms with Crippen molar-refractivity contribution in [3.05, 3.63) is 58.1 Å². The summed E-state index contributed by atoms with van der Waals surface area (Å²) < 4.78 is 11.0. The lowest BCUT2D eigenvalue weighted by molar-refractivity contribution is -0.181. The van der Waals surface area contributed by atoms with Gasteiger partial charge in [-0.1, -0.05) is 31.5 Å². The molecule has 1 fully saturated rings. The molecule has 8 nitrogen and oxygen atoms in total. The maximum absolute atomic E-state index is 13.6. The zero-order valence-corrected chi connectivity index (χ0v) is 21.3. The number of carbonyl (C=O) groups excluding carboxylic acids is 2. The Hall–Kier alpha value is -3.12. The molecule has 186 valence electrons. The Balaban J connectivity index is 0.00000167. The summed E-state index contributed by atoms with van der Waals surface area (Å²) in [6.07, 6.45) is 0.617. The minimum Gasteiger partial charge on any atom is -0.495 e. The van der Waals surface area contributed by atoms with Crippen LogP contribution in [0, 0.1) is 17.2 Å². The van der Waals surface area contributed by atoms with Gasteiger partial charge in [0.05, 0.1) is 24.3 Å². The van der Waals surface area contributed by atoms with E-state index < -0.39 is 29.4 Å². The van der Waals surface area contributed by atoms with E-state index in [2.05, 4.69) is 6.07 Å². The van der Waals surface area contributed by atoms with Crippen LogP contribution in [0.5, 0.6) is 11.5 Å². The number of nitriles is 1. The van der Waals surface area contributed by atoms with Crippen molar-refractivity contribution >= 4 is 23.3 Å². The first-order valence-electron chi connectivity index (χ1n) is 11.5. The first-order chi connectivity index (χ1) is 16.7. The van der Waals surface area contributed by atoms with Gasteiger partial charge in [0.2, 0.25) is 0 Å². The lowest BCUT2D eigenvalue weighted by Crippen LogP contribution is -2.53. The van der Waals surface area contributed by atoms with Crippen molar-refractivity contribution in [3.63, 3.8) is 0 Å². The fourth-order valence-electron chi connectivity index (χ4n) is 4.57. The Bertz CT molecular complexity index is 1160. The van der Waals surface area contributed by atoms with Gasteiger partial charge in [0.15, 0.2) is 5.78 Å². The maximum atomic E-state index is 13.6. The molecule has 1 amide bonds. The Kier molecular flexibility index (Phi) is 8.06. The van der Waals surface area contributed by atoms with Gasteiger partial charge in [0.1, 0.15) is 23.5 Å². The Morgan fingerprint density at radius 2 is 1.94 bits per heavy atom. The molecule has 2 aromatic rings. The molecule has 0 saturated carbocycles. The van der Waals surface area contributed by atoms with E-state index in [9.17, 15) is 20.0 Å². The number of rotatable bonds is 6. The third-order valence-electron chi connectivity index (χ3n) is 6.09. The molecule has 3 atom stereocenters. The average molecular weight is 500 g/mol. The number of ether oxygens (including phenoxy) is 2. The number of aliphatic hydroxyl groups is 1. The van der Waals surface area contributed by atoms with Crippen LogP contribution in [0.4, 0.5) is 0 Å². The number of likely N-dealkylation sites (tertiary alicyclic amines) is 1. The van der Waals surface area contributed by atoms with Gasteiger partial charge in [-0.3, -0.25) is 9.59 Å². The van der Waals surface area contributed by atoms with Crippen molar-refractivity contribution in [2.45, 2.75) is 32.1 Å². The smallest absolute Gasteiger partial charge is 0.301 e. The van der Waals surface area contributed by atoms with Gasteiger partial charge in [-0.15, -0.1) is 0 Å². The van der Waals surface area contributed by atoms with Crippen LogP contribution < -0.4 is 9.47 Å². The molecule has 2 aliphatic rings. The summed E-state index contributed by atoms with van der Waals surface area (Å²) in [7, 11) is 5.30. The van der Waals surface area contributed by atoms with Crippen LogP contribution in [0.1, 0.15) is 47.8 Å². The number of halogens is 1. The quantitative estimate of drug-likeness (QED) is 0.646. The molecule has 9 heteroatoms. The summed E-state index contributed by atoms with van der Waals surface area (Å²) in [5.41, 5.74) is 1.01. The van der Waals surface area contributed by atoms with Gasteiger partial charge in [-0.2, -0.15) is 5.26 Å². The normalized spacial score (nSPS) is 22.5. The molecule has 35 heavy (non-hydrogen) atoms. The summed E-state index contributed by atoms with van der Waals surface area (Å²) in [6, 6.07) is 10.6. The highest BCUT2D eigenvalue weighted by Gasteiger charge is 2.66. The summed E-state index contributed by atoms with van der Waals surface area (Å²) in [6.45, 7) is 5.00. The molecule has 1 saturated heterocycles. The van der Waals surface area contributed by atoms with Gasteiger partial charge in [0, 0.05) is 11.6 Å². The predicted octanol–water partition coefficient (Wildman–Crippen LogP) is 3.66. The lowest BCUT2D eigenvalue weighted by atomic mass is 9.81. The number of benzene rings is 2. The molecule has 2 heterocycles. The number of Topliss-reactive ketones (excluding diaryl/α,β-unsaturated/α-hetero) is 1. The highest BCUT2D eigenvalue weighted by molar-refractivity contribution is 6.31. The standard InChI is InChI=1S/C24H24ClN3O5.C2H6/c1-27(2)9-4-10-28-21(14-5-7-18(32-3)15(11-14)13-26)20-22(29)17-12-16(25)6-8-19(17)33-24(20,31)23(28)30;1-2/h5-8,11-12,20-21,31H,4,9-10H2,1-3H3;1-2H3. The summed E-state index contributed by atoms with van der Waals surface area (Å²) in [5, 5.41) is 21.3. The van der Waals surface area contributed by atoms with Crippen LogP contribution in [0.3, 0.4) is 0 Å². The Morgan fingerprint density at radius 3 is 2.57 bits per heavy atom. The molecule has 2 aliphatic heterocycles. The van der Waals surface area contributed by atoms with Crippen LogP contribution in [-0.4, -0.2) is 66.7 Å². The minimum atomic E-state index is -2.35. The zero-order valence-electron chi connectivity index (χ0n) is 20.5. The third-order valence-corrected chi connectivity index (χ3v) is 6.32. The van der Waals surface area contributed by atoms with Crippen LogP contribution in [-0.2, 0) is 4.79 Å². The van der Waals surface area contributed by atoms with Crippen molar-refractivity contribution in [2.75, 3.05) is 34.3 Å². The second kappa shape index (κ2) is 10.6. The lowest BCUT2D eigenvalue weighted by Gasteiger charge is -2.34. The number of nitrogens with zero attached hydrogens (tertiary/aromatic N) is 3. The van der Waals surface area contributed by atoms with Crippen molar-refractivity contribution < 1.29 is 24.2 Å². The average Bonchev–Trinajstić information content (AvgIpc) is 3.07. The first-order valence-corrected chi connectivity index (χ1v) is 11.9. The van der Waals surface area contributed by atoms with Gasteiger partial charge in [0.25, 0.3) is 5.91 Å². The van der Waals surface area contributed by atoms with Gasteiger partial charge < -0.3 is 24.4 Å². The van der Waals surface area contributed by atoms with E-state index in [1.54, 1.807) is 18.2 Å². The van der Waals surface area contributed by atoms with Crippen molar-refractivity contribution in [1.82, 2.24) is 9.80 Å². The minimum absolute atomic E-state index is 0.109. The fourth-order valence-corrected chi connectivity index (χ4v) is 4.75. The maximum Gasteiger partial charge on any atom is 0.301 e. The summed E-state index contributed by atoms with van der Waals surface area (Å²) in [5.74, 6) is -4.21. The number of carbonyl (C=O) groups is 2. The number of amides is 1. The van der Waals surface area contributed by atoms with Crippen molar-refractivity contribution in [3.8, 4) is 17.6 Å². The molecule has 2 aromatic carbocycles. The van der Waals surface area contributed by atoms with E-state index in [-0.39, 0.29) is 16.9 Å². The predicted molar refractivity (Wildman–Crippen MR) is 132 cm³/mol. The van der Waals surface area contributed by atoms with E-state index in [1.165, 1.54) is 30.2 Å². The van der Waals surface area contributed by atoms with E-state index in [0.29, 0.717) is 35.8 Å².